The van der Waals surface area contributed by atoms with E-state index >= 15 is 0 Å². The molecule has 1 amide bonds. The van der Waals surface area contributed by atoms with Crippen LogP contribution in [0.5, 0.6) is 0 Å². The van der Waals surface area contributed by atoms with Gasteiger partial charge in [-0.15, -0.1) is 11.3 Å². The lowest BCUT2D eigenvalue weighted by Crippen LogP contribution is -2.36. The maximum Gasteiger partial charge on any atom is 0.419 e. The molecule has 0 unspecified atom stereocenters. The Labute approximate surface area is 202 Å². The van der Waals surface area contributed by atoms with Gasteiger partial charge in [-0.05, 0) is 19.1 Å². The molecule has 3 heterocycles. The van der Waals surface area contributed by atoms with Crippen molar-refractivity contribution < 1.29 is 31.2 Å². The summed E-state index contributed by atoms with van der Waals surface area (Å²) in [5.41, 5.74) is -3.16. The number of halogens is 5. The van der Waals surface area contributed by atoms with Crippen LogP contribution in [0.3, 0.4) is 0 Å². The second-order valence-electron chi connectivity index (χ2n) is 7.95. The second-order valence-corrected chi connectivity index (χ2v) is 8.79. The number of fused-ring (bicyclic) bond motifs is 1. The Balaban J connectivity index is 1.74. The molecule has 0 fully saturated rings. The molecule has 1 aromatic carbocycles. The first-order valence-corrected chi connectivity index (χ1v) is 11.1. The topological polar surface area (TPSA) is 91.5 Å². The lowest BCUT2D eigenvalue weighted by molar-refractivity contribution is -0.140. The largest absolute Gasteiger partial charge is 0.444 e. The number of alkyl halides is 3. The van der Waals surface area contributed by atoms with Crippen molar-refractivity contribution >= 4 is 28.3 Å². The number of benzene rings is 1. The molecule has 0 bridgehead atoms. The van der Waals surface area contributed by atoms with Crippen molar-refractivity contribution in [1.29, 1.82) is 0 Å². The molecule has 0 N–H and O–H groups in total. The van der Waals surface area contributed by atoms with Crippen molar-refractivity contribution in [3.8, 4) is 11.3 Å². The van der Waals surface area contributed by atoms with Crippen LogP contribution in [-0.4, -0.2) is 19.6 Å². The van der Waals surface area contributed by atoms with Crippen LogP contribution in [0.2, 0.25) is 0 Å². The molecule has 0 saturated heterocycles. The number of thiazole rings is 1. The predicted octanol–water partition coefficient (Wildman–Crippen LogP) is 3.17. The van der Waals surface area contributed by atoms with Crippen molar-refractivity contribution in [1.82, 2.24) is 13.7 Å². The van der Waals surface area contributed by atoms with Gasteiger partial charge in [0.15, 0.2) is 16.4 Å². The first-order chi connectivity index (χ1) is 16.7. The average Bonchev–Trinajstić information content (AvgIpc) is 3.31. The number of aryl methyl sites for hydroxylation is 2. The van der Waals surface area contributed by atoms with E-state index in [4.69, 9.17) is 4.42 Å². The highest BCUT2D eigenvalue weighted by molar-refractivity contribution is 7.07. The lowest BCUT2D eigenvalue weighted by Gasteiger charge is -2.11. The number of amides is 1. The zero-order valence-corrected chi connectivity index (χ0v) is 20.0. The fourth-order valence-electron chi connectivity index (χ4n) is 3.78. The molecule has 0 aliphatic rings. The van der Waals surface area contributed by atoms with Crippen LogP contribution in [-0.2, 0) is 38.5 Å². The molecular weight excluding hydrogens is 511 g/mol. The summed E-state index contributed by atoms with van der Waals surface area (Å²) in [4.78, 5) is 41.5. The molecular formula is C22H17F5N4O4S. The standard InChI is InChI=1S/C22H17F5N4O4S/c1-9-11(15-18(33)30(3)21(34)31(4)19(15)35-9)7-14(32)28-20-29(2)13(8-36-20)10-5-6-12(22(25,26)27)17(24)16(10)23/h5-6,8H,7H2,1-4H3. The smallest absolute Gasteiger partial charge is 0.419 e. The first kappa shape index (κ1) is 25.3. The van der Waals surface area contributed by atoms with Gasteiger partial charge in [0.25, 0.3) is 11.5 Å². The van der Waals surface area contributed by atoms with Crippen LogP contribution in [0.25, 0.3) is 22.4 Å². The van der Waals surface area contributed by atoms with Gasteiger partial charge in [0.1, 0.15) is 11.1 Å². The van der Waals surface area contributed by atoms with Crippen LogP contribution in [0.15, 0.2) is 36.5 Å². The van der Waals surface area contributed by atoms with E-state index in [0.717, 1.165) is 26.5 Å². The summed E-state index contributed by atoms with van der Waals surface area (Å²) < 4.78 is 75.9. The van der Waals surface area contributed by atoms with Crippen LogP contribution in [0, 0.1) is 18.6 Å². The number of nitrogens with zero attached hydrogens (tertiary/aromatic N) is 4. The minimum atomic E-state index is -5.06. The third-order valence-corrected chi connectivity index (χ3v) is 6.64. The molecule has 4 aromatic rings. The highest BCUT2D eigenvalue weighted by Crippen LogP contribution is 2.35. The average molecular weight is 528 g/mol. The number of carbonyl (C=O) groups is 1. The van der Waals surface area contributed by atoms with Crippen LogP contribution in [0.4, 0.5) is 22.0 Å². The van der Waals surface area contributed by atoms with Gasteiger partial charge in [-0.3, -0.25) is 18.7 Å². The van der Waals surface area contributed by atoms with Crippen molar-refractivity contribution in [2.45, 2.75) is 19.5 Å². The maximum atomic E-state index is 14.5. The molecule has 36 heavy (non-hydrogen) atoms. The molecule has 14 heteroatoms. The minimum Gasteiger partial charge on any atom is -0.444 e. The monoisotopic (exact) mass is 528 g/mol. The Morgan fingerprint density at radius 2 is 1.72 bits per heavy atom. The normalized spacial score (nSPS) is 12.6. The number of hydrogen-bond donors (Lipinski definition) is 0. The molecule has 3 aromatic heterocycles. The van der Waals surface area contributed by atoms with Gasteiger partial charge >= 0.3 is 11.9 Å². The maximum absolute atomic E-state index is 14.5. The van der Waals surface area contributed by atoms with E-state index in [1.807, 2.05) is 0 Å². The van der Waals surface area contributed by atoms with Gasteiger partial charge < -0.3 is 8.98 Å². The SMILES string of the molecule is Cc1oc2c(c1CC(=O)N=c1scc(-c3ccc(C(F)(F)F)c(F)c3F)n1C)c(=O)n(C)c(=O)n2C. The van der Waals surface area contributed by atoms with Crippen molar-refractivity contribution in [2.24, 2.45) is 26.1 Å². The molecule has 0 saturated carbocycles. The van der Waals surface area contributed by atoms with Gasteiger partial charge in [0, 0.05) is 37.6 Å². The van der Waals surface area contributed by atoms with E-state index in [-0.39, 0.29) is 39.3 Å². The summed E-state index contributed by atoms with van der Waals surface area (Å²) in [6.07, 6.45) is -5.42. The van der Waals surface area contributed by atoms with E-state index in [2.05, 4.69) is 4.99 Å². The minimum absolute atomic E-state index is 0.00508. The fraction of sp³-hybridized carbons (Fsp3) is 0.273. The van der Waals surface area contributed by atoms with E-state index in [1.165, 1.54) is 38.0 Å². The predicted molar refractivity (Wildman–Crippen MR) is 119 cm³/mol. The first-order valence-electron chi connectivity index (χ1n) is 10.2. The van der Waals surface area contributed by atoms with Crippen molar-refractivity contribution in [3.63, 3.8) is 0 Å². The number of aromatic nitrogens is 3. The van der Waals surface area contributed by atoms with Crippen LogP contribution in [0.1, 0.15) is 16.9 Å². The van der Waals surface area contributed by atoms with E-state index in [0.29, 0.717) is 6.07 Å². The third-order valence-electron chi connectivity index (χ3n) is 5.72. The Morgan fingerprint density at radius 3 is 2.36 bits per heavy atom. The van der Waals surface area contributed by atoms with Gasteiger partial charge in [0.05, 0.1) is 17.7 Å². The molecule has 0 aliphatic heterocycles. The van der Waals surface area contributed by atoms with Crippen molar-refractivity contribution in [2.75, 3.05) is 0 Å². The van der Waals surface area contributed by atoms with Gasteiger partial charge in [0.2, 0.25) is 5.71 Å². The Hall–Kier alpha value is -3.81. The summed E-state index contributed by atoms with van der Waals surface area (Å²) in [6.45, 7) is 1.53. The zero-order chi connectivity index (χ0) is 26.7. The Morgan fingerprint density at radius 1 is 1.06 bits per heavy atom. The fourth-order valence-corrected chi connectivity index (χ4v) is 4.69. The lowest BCUT2D eigenvalue weighted by atomic mass is 10.1. The van der Waals surface area contributed by atoms with E-state index in [1.54, 1.807) is 0 Å². The summed E-state index contributed by atoms with van der Waals surface area (Å²) in [5, 5.41) is 1.38. The number of carbonyl (C=O) groups excluding carboxylic acids is 1. The van der Waals surface area contributed by atoms with Crippen LogP contribution >= 0.6 is 11.3 Å². The molecule has 0 radical (unpaired) electrons. The summed E-state index contributed by atoms with van der Waals surface area (Å²) in [5.74, 6) is -4.18. The molecule has 190 valence electrons. The van der Waals surface area contributed by atoms with Gasteiger partial charge in [-0.1, -0.05) is 0 Å². The molecule has 0 spiro atoms. The highest BCUT2D eigenvalue weighted by atomic mass is 32.1. The third kappa shape index (κ3) is 4.00. The van der Waals surface area contributed by atoms with Gasteiger partial charge in [-0.25, -0.2) is 13.6 Å². The van der Waals surface area contributed by atoms with Gasteiger partial charge in [-0.2, -0.15) is 18.2 Å². The van der Waals surface area contributed by atoms with E-state index in [9.17, 15) is 36.3 Å². The molecule has 8 nitrogen and oxygen atoms in total. The number of furan rings is 1. The van der Waals surface area contributed by atoms with E-state index < -0.39 is 46.1 Å². The summed E-state index contributed by atoms with van der Waals surface area (Å²) in [6, 6.07) is 1.24. The Bertz CT molecular complexity index is 1740. The zero-order valence-electron chi connectivity index (χ0n) is 19.2. The number of rotatable bonds is 3. The van der Waals surface area contributed by atoms with Crippen LogP contribution < -0.4 is 16.1 Å². The molecule has 0 atom stereocenters. The molecule has 4 rings (SSSR count). The Kier molecular flexibility index (Phi) is 6.11. The number of hydrogen-bond acceptors (Lipinski definition) is 5. The molecule has 0 aliphatic carbocycles. The highest BCUT2D eigenvalue weighted by Gasteiger charge is 2.36. The quantitative estimate of drug-likeness (QED) is 0.382. The summed E-state index contributed by atoms with van der Waals surface area (Å²) in [7, 11) is 4.09. The van der Waals surface area contributed by atoms with Crippen molar-refractivity contribution in [3.05, 3.63) is 71.7 Å². The second kappa shape index (κ2) is 8.69. The summed E-state index contributed by atoms with van der Waals surface area (Å²) >= 11 is 0.883.